The number of carboxylic acid groups (broad SMARTS) is 1. The summed E-state index contributed by atoms with van der Waals surface area (Å²) in [5.41, 5.74) is 0.0279. The molecule has 0 aromatic heterocycles. The Hall–Kier alpha value is -1.62. The molecule has 0 saturated carbocycles. The van der Waals surface area contributed by atoms with Crippen LogP contribution >= 0.6 is 11.8 Å². The summed E-state index contributed by atoms with van der Waals surface area (Å²) in [5.74, 6) is -2.25. The van der Waals surface area contributed by atoms with Crippen LogP contribution in [-0.4, -0.2) is 81.1 Å². The van der Waals surface area contributed by atoms with Gasteiger partial charge in [-0.2, -0.15) is 0 Å². The van der Waals surface area contributed by atoms with Gasteiger partial charge in [-0.05, 0) is 26.2 Å². The summed E-state index contributed by atoms with van der Waals surface area (Å²) < 4.78 is 0. The van der Waals surface area contributed by atoms with Crippen molar-refractivity contribution in [2.75, 3.05) is 19.7 Å². The van der Waals surface area contributed by atoms with Crippen molar-refractivity contribution in [2.24, 2.45) is 11.8 Å². The summed E-state index contributed by atoms with van der Waals surface area (Å²) in [6, 6.07) is -0.634. The van der Waals surface area contributed by atoms with Crippen LogP contribution in [-0.2, 0) is 14.4 Å². The van der Waals surface area contributed by atoms with Crippen molar-refractivity contribution in [3.63, 3.8) is 0 Å². The number of nitrogens with one attached hydrogen (secondary N) is 2. The zero-order valence-corrected chi connectivity index (χ0v) is 18.9. The first-order chi connectivity index (χ1) is 14.8. The lowest BCUT2D eigenvalue weighted by atomic mass is 9.79. The largest absolute Gasteiger partial charge is 0.477 e. The van der Waals surface area contributed by atoms with Crippen LogP contribution in [0.1, 0.15) is 46.0 Å². The van der Waals surface area contributed by atoms with E-state index in [-0.39, 0.29) is 47.4 Å². The van der Waals surface area contributed by atoms with Crippen LogP contribution in [0.15, 0.2) is 10.6 Å². The van der Waals surface area contributed by atoms with Gasteiger partial charge in [0.1, 0.15) is 5.70 Å². The van der Waals surface area contributed by atoms with E-state index in [0.717, 1.165) is 25.7 Å². The molecule has 0 aromatic carbocycles. The molecule has 0 spiro atoms. The number of carboxylic acids is 1. The van der Waals surface area contributed by atoms with Crippen molar-refractivity contribution in [3.05, 3.63) is 10.6 Å². The highest BCUT2D eigenvalue weighted by atomic mass is 32.2. The third kappa shape index (κ3) is 4.92. The van der Waals surface area contributed by atoms with Gasteiger partial charge in [-0.15, -0.1) is 11.8 Å². The summed E-state index contributed by atoms with van der Waals surface area (Å²) in [5, 5.41) is 34.6. The predicted molar refractivity (Wildman–Crippen MR) is 116 cm³/mol. The number of fused-ring (bicyclic) bond motifs is 1. The molecule has 9 nitrogen and oxygen atoms in total. The Labute approximate surface area is 186 Å². The molecule has 2 fully saturated rings. The summed E-state index contributed by atoms with van der Waals surface area (Å²) in [4.78, 5) is 38.7. The van der Waals surface area contributed by atoms with Gasteiger partial charge in [0, 0.05) is 35.8 Å². The standard InChI is InChI=1S/C21H33N3O6S/c1-11-16-15(12(2)26)20(28)24(16)17(21(29)30)18(11)31-13-9-14(23-10-13)19(27)22-7-5-3-4-6-8-25/h11-16,23,25-26H,3-10H2,1-2H3,(H,22,27)(H,29,30)/t11-,12-,13+,14+,15-,16-/m1/s1. The number of β-lactam (4-membered cyclic amide) rings is 1. The van der Waals surface area contributed by atoms with E-state index in [4.69, 9.17) is 5.11 Å². The number of thioether (sulfide) groups is 1. The monoisotopic (exact) mass is 455 g/mol. The number of carbonyl (C=O) groups excluding carboxylic acids is 2. The zero-order valence-electron chi connectivity index (χ0n) is 18.0. The lowest BCUT2D eigenvalue weighted by Gasteiger charge is -2.46. The van der Waals surface area contributed by atoms with Crippen LogP contribution < -0.4 is 10.6 Å². The Bertz CT molecular complexity index is 743. The number of nitrogens with zero attached hydrogens (tertiary/aromatic N) is 1. The second-order valence-corrected chi connectivity index (χ2v) is 9.98. The summed E-state index contributed by atoms with van der Waals surface area (Å²) >= 11 is 1.44. The van der Waals surface area contributed by atoms with Crippen molar-refractivity contribution in [1.82, 2.24) is 15.5 Å². The molecule has 31 heavy (non-hydrogen) atoms. The lowest BCUT2D eigenvalue weighted by molar-refractivity contribution is -0.163. The van der Waals surface area contributed by atoms with Crippen LogP contribution in [0.3, 0.4) is 0 Å². The molecule has 3 aliphatic heterocycles. The van der Waals surface area contributed by atoms with Crippen molar-refractivity contribution < 1.29 is 29.7 Å². The molecule has 0 bridgehead atoms. The molecule has 3 rings (SSSR count). The first-order valence-electron chi connectivity index (χ1n) is 11.0. The first kappa shape index (κ1) is 24.0. The van der Waals surface area contributed by atoms with Gasteiger partial charge in [-0.3, -0.25) is 9.59 Å². The van der Waals surface area contributed by atoms with Gasteiger partial charge in [-0.25, -0.2) is 4.79 Å². The minimum absolute atomic E-state index is 0.0279. The molecule has 2 saturated heterocycles. The second kappa shape index (κ2) is 10.3. The number of aliphatic carboxylic acids is 1. The summed E-state index contributed by atoms with van der Waals surface area (Å²) in [6.45, 7) is 4.85. The number of amides is 2. The van der Waals surface area contributed by atoms with E-state index in [1.165, 1.54) is 16.7 Å². The SMILES string of the molecule is C[C@@H](O)[C@H]1C(=O)N2C(C(=O)O)=C(S[C@@H]3CN[C@H](C(=O)NCCCCCCO)C3)[C@H](C)[C@H]12. The normalized spacial score (nSPS) is 30.9. The quantitative estimate of drug-likeness (QED) is 0.221. The van der Waals surface area contributed by atoms with Gasteiger partial charge in [0.25, 0.3) is 0 Å². The molecule has 10 heteroatoms. The zero-order chi connectivity index (χ0) is 22.7. The average molecular weight is 456 g/mol. The van der Waals surface area contributed by atoms with E-state index >= 15 is 0 Å². The average Bonchev–Trinajstić information content (AvgIpc) is 3.27. The van der Waals surface area contributed by atoms with Crippen LogP contribution in [0.4, 0.5) is 0 Å². The van der Waals surface area contributed by atoms with Gasteiger partial charge in [0.2, 0.25) is 11.8 Å². The number of carbonyl (C=O) groups is 3. The van der Waals surface area contributed by atoms with Crippen molar-refractivity contribution in [2.45, 2.75) is 69.4 Å². The number of aliphatic hydroxyl groups is 2. The molecule has 0 aliphatic carbocycles. The fraction of sp³-hybridized carbons (Fsp3) is 0.762. The van der Waals surface area contributed by atoms with Crippen molar-refractivity contribution >= 4 is 29.5 Å². The fourth-order valence-electron chi connectivity index (χ4n) is 4.78. The van der Waals surface area contributed by atoms with Crippen LogP contribution in [0.5, 0.6) is 0 Å². The maximum absolute atomic E-state index is 12.4. The minimum atomic E-state index is -1.13. The topological polar surface area (TPSA) is 139 Å². The molecule has 2 amide bonds. The highest BCUT2D eigenvalue weighted by molar-refractivity contribution is 8.03. The molecule has 3 heterocycles. The van der Waals surface area contributed by atoms with Gasteiger partial charge in [0.15, 0.2) is 0 Å². The van der Waals surface area contributed by atoms with Gasteiger partial charge >= 0.3 is 5.97 Å². The van der Waals surface area contributed by atoms with E-state index in [0.29, 0.717) is 24.4 Å². The third-order valence-corrected chi connectivity index (χ3v) is 7.91. The molecule has 0 aromatic rings. The van der Waals surface area contributed by atoms with Crippen molar-refractivity contribution in [3.8, 4) is 0 Å². The van der Waals surface area contributed by atoms with E-state index in [9.17, 15) is 24.6 Å². The van der Waals surface area contributed by atoms with Crippen LogP contribution in [0, 0.1) is 11.8 Å². The Morgan fingerprint density at radius 3 is 2.65 bits per heavy atom. The van der Waals surface area contributed by atoms with Crippen molar-refractivity contribution in [1.29, 1.82) is 0 Å². The molecular weight excluding hydrogens is 422 g/mol. The maximum atomic E-state index is 12.4. The third-order valence-electron chi connectivity index (χ3n) is 6.40. The summed E-state index contributed by atoms with van der Waals surface area (Å²) in [7, 11) is 0. The molecule has 174 valence electrons. The Balaban J connectivity index is 1.55. The number of unbranched alkanes of at least 4 members (excludes halogenated alkanes) is 3. The van der Waals surface area contributed by atoms with Gasteiger partial charge < -0.3 is 30.9 Å². The number of rotatable bonds is 11. The summed E-state index contributed by atoms with van der Waals surface area (Å²) in [6.07, 6.45) is 3.33. The Kier molecular flexibility index (Phi) is 8.01. The molecule has 5 N–H and O–H groups in total. The molecule has 0 radical (unpaired) electrons. The smallest absolute Gasteiger partial charge is 0.353 e. The molecular formula is C21H33N3O6S. The maximum Gasteiger partial charge on any atom is 0.353 e. The van der Waals surface area contributed by atoms with E-state index in [1.54, 1.807) is 6.92 Å². The second-order valence-electron chi connectivity index (χ2n) is 8.64. The molecule has 3 aliphatic rings. The number of hydrogen-bond acceptors (Lipinski definition) is 7. The minimum Gasteiger partial charge on any atom is -0.477 e. The van der Waals surface area contributed by atoms with Crippen LogP contribution in [0.25, 0.3) is 0 Å². The van der Waals surface area contributed by atoms with E-state index in [1.807, 2.05) is 6.92 Å². The number of hydrogen-bond donors (Lipinski definition) is 5. The first-order valence-corrected chi connectivity index (χ1v) is 11.9. The predicted octanol–water partition coefficient (Wildman–Crippen LogP) is 0.273. The Morgan fingerprint density at radius 1 is 1.29 bits per heavy atom. The van der Waals surface area contributed by atoms with Gasteiger partial charge in [-0.1, -0.05) is 19.8 Å². The van der Waals surface area contributed by atoms with Gasteiger partial charge in [0.05, 0.1) is 24.1 Å². The van der Waals surface area contributed by atoms with Crippen LogP contribution in [0.2, 0.25) is 0 Å². The highest BCUT2D eigenvalue weighted by Crippen LogP contribution is 2.51. The molecule has 6 atom stereocenters. The lowest BCUT2D eigenvalue weighted by Crippen LogP contribution is -2.63. The Morgan fingerprint density at radius 2 is 2.00 bits per heavy atom. The molecule has 0 unspecified atom stereocenters. The van der Waals surface area contributed by atoms with E-state index in [2.05, 4.69) is 10.6 Å². The fourth-order valence-corrected chi connectivity index (χ4v) is 6.25. The van der Waals surface area contributed by atoms with E-state index < -0.39 is 18.0 Å². The highest BCUT2D eigenvalue weighted by Gasteiger charge is 2.60. The number of aliphatic hydroxyl groups excluding tert-OH is 2.